The zero-order chi connectivity index (χ0) is 12.1. The Labute approximate surface area is 92.2 Å². The van der Waals surface area contributed by atoms with Gasteiger partial charge in [-0.3, -0.25) is 14.9 Å². The fourth-order valence-corrected chi connectivity index (χ4v) is 1.25. The zero-order valence-electron chi connectivity index (χ0n) is 8.75. The van der Waals surface area contributed by atoms with Crippen molar-refractivity contribution >= 4 is 11.7 Å². The van der Waals surface area contributed by atoms with Crippen molar-refractivity contribution in [2.24, 2.45) is 5.73 Å². The average Bonchev–Trinajstić information content (AvgIpc) is 2.28. The Kier molecular flexibility index (Phi) is 3.96. The average molecular weight is 224 g/mol. The van der Waals surface area contributed by atoms with E-state index in [-0.39, 0.29) is 12.1 Å². The van der Waals surface area contributed by atoms with Crippen LogP contribution in [0.15, 0.2) is 24.3 Å². The third-order valence-electron chi connectivity index (χ3n) is 2.12. The highest BCUT2D eigenvalue weighted by Gasteiger charge is 2.14. The Morgan fingerprint density at radius 3 is 2.88 bits per heavy atom. The van der Waals surface area contributed by atoms with Crippen LogP contribution in [0.3, 0.4) is 0 Å². The number of non-ortho nitro benzene ring substituents is 1. The fourth-order valence-electron chi connectivity index (χ4n) is 1.25. The van der Waals surface area contributed by atoms with Crippen LogP contribution in [-0.2, 0) is 9.53 Å². The molecule has 1 aromatic rings. The van der Waals surface area contributed by atoms with E-state index in [0.717, 1.165) is 0 Å². The number of methoxy groups -OCH3 is 1. The molecule has 0 aromatic heterocycles. The maximum Gasteiger partial charge on any atom is 0.307 e. The second-order valence-corrected chi connectivity index (χ2v) is 3.24. The van der Waals surface area contributed by atoms with Gasteiger partial charge in [0.25, 0.3) is 5.69 Å². The number of nitro benzene ring substituents is 1. The minimum Gasteiger partial charge on any atom is -0.469 e. The lowest BCUT2D eigenvalue weighted by Gasteiger charge is -2.09. The first-order valence-electron chi connectivity index (χ1n) is 4.61. The maximum absolute atomic E-state index is 11.0. The van der Waals surface area contributed by atoms with E-state index in [9.17, 15) is 14.9 Å². The van der Waals surface area contributed by atoms with Crippen molar-refractivity contribution < 1.29 is 14.5 Å². The van der Waals surface area contributed by atoms with Crippen molar-refractivity contribution in [2.45, 2.75) is 12.5 Å². The van der Waals surface area contributed by atoms with Crippen molar-refractivity contribution in [3.8, 4) is 0 Å². The number of hydrogen-bond acceptors (Lipinski definition) is 5. The second kappa shape index (κ2) is 5.22. The summed E-state index contributed by atoms with van der Waals surface area (Å²) < 4.78 is 4.47. The van der Waals surface area contributed by atoms with Crippen LogP contribution in [0.25, 0.3) is 0 Å². The van der Waals surface area contributed by atoms with E-state index < -0.39 is 16.9 Å². The molecular weight excluding hydrogens is 212 g/mol. The molecule has 0 spiro atoms. The summed E-state index contributed by atoms with van der Waals surface area (Å²) in [5.74, 6) is -0.445. The Bertz CT molecular complexity index is 406. The number of rotatable bonds is 4. The van der Waals surface area contributed by atoms with Crippen molar-refractivity contribution in [3.05, 3.63) is 39.9 Å². The summed E-state index contributed by atoms with van der Waals surface area (Å²) >= 11 is 0. The van der Waals surface area contributed by atoms with Gasteiger partial charge in [-0.05, 0) is 5.56 Å². The summed E-state index contributed by atoms with van der Waals surface area (Å²) in [4.78, 5) is 21.0. The minimum absolute atomic E-state index is 0.00231. The Hall–Kier alpha value is -1.95. The molecule has 1 aromatic carbocycles. The van der Waals surface area contributed by atoms with Crippen LogP contribution in [0.1, 0.15) is 18.0 Å². The molecule has 0 aliphatic rings. The fraction of sp³-hybridized carbons (Fsp3) is 0.300. The molecule has 0 bridgehead atoms. The monoisotopic (exact) mass is 224 g/mol. The largest absolute Gasteiger partial charge is 0.469 e. The number of esters is 1. The molecule has 0 amide bonds. The molecule has 0 aliphatic heterocycles. The van der Waals surface area contributed by atoms with Gasteiger partial charge in [0.1, 0.15) is 0 Å². The van der Waals surface area contributed by atoms with E-state index in [0.29, 0.717) is 5.56 Å². The summed E-state index contributed by atoms with van der Waals surface area (Å²) in [5, 5.41) is 10.5. The topological polar surface area (TPSA) is 95.5 Å². The quantitative estimate of drug-likeness (QED) is 0.470. The van der Waals surface area contributed by atoms with Crippen molar-refractivity contribution in [1.82, 2.24) is 0 Å². The molecule has 0 saturated heterocycles. The highest BCUT2D eigenvalue weighted by Crippen LogP contribution is 2.19. The Balaban J connectivity index is 2.83. The van der Waals surface area contributed by atoms with Gasteiger partial charge in [0.05, 0.1) is 18.5 Å². The maximum atomic E-state index is 11.0. The molecule has 0 unspecified atom stereocenters. The van der Waals surface area contributed by atoms with E-state index in [1.54, 1.807) is 6.07 Å². The summed E-state index contributed by atoms with van der Waals surface area (Å²) in [7, 11) is 1.27. The zero-order valence-corrected chi connectivity index (χ0v) is 8.75. The molecule has 86 valence electrons. The molecule has 0 heterocycles. The number of nitro groups is 1. The number of benzene rings is 1. The molecular formula is C10H12N2O4. The summed E-state index contributed by atoms with van der Waals surface area (Å²) in [6, 6.07) is 5.31. The van der Waals surface area contributed by atoms with E-state index in [2.05, 4.69) is 4.74 Å². The van der Waals surface area contributed by atoms with Gasteiger partial charge in [-0.2, -0.15) is 0 Å². The number of nitrogens with two attached hydrogens (primary N) is 1. The van der Waals surface area contributed by atoms with Crippen LogP contribution >= 0.6 is 0 Å². The third kappa shape index (κ3) is 3.03. The van der Waals surface area contributed by atoms with Gasteiger partial charge < -0.3 is 10.5 Å². The molecule has 6 nitrogen and oxygen atoms in total. The lowest BCUT2D eigenvalue weighted by atomic mass is 10.0. The molecule has 2 N–H and O–H groups in total. The van der Waals surface area contributed by atoms with Crippen molar-refractivity contribution in [2.75, 3.05) is 7.11 Å². The van der Waals surface area contributed by atoms with E-state index in [1.807, 2.05) is 0 Å². The Morgan fingerprint density at radius 1 is 1.62 bits per heavy atom. The van der Waals surface area contributed by atoms with Crippen molar-refractivity contribution in [3.63, 3.8) is 0 Å². The van der Waals surface area contributed by atoms with Gasteiger partial charge in [0.15, 0.2) is 0 Å². The SMILES string of the molecule is COC(=O)C[C@@H](N)c1cccc([N+](=O)[O-])c1. The van der Waals surface area contributed by atoms with Gasteiger partial charge in [-0.15, -0.1) is 0 Å². The van der Waals surface area contributed by atoms with Gasteiger partial charge in [-0.1, -0.05) is 12.1 Å². The number of hydrogen-bond donors (Lipinski definition) is 1. The van der Waals surface area contributed by atoms with Crippen LogP contribution in [0, 0.1) is 10.1 Å². The van der Waals surface area contributed by atoms with E-state index in [4.69, 9.17) is 5.73 Å². The summed E-state index contributed by atoms with van der Waals surface area (Å²) in [6.45, 7) is 0. The number of nitrogens with zero attached hydrogens (tertiary/aromatic N) is 1. The van der Waals surface area contributed by atoms with Gasteiger partial charge in [0.2, 0.25) is 0 Å². The van der Waals surface area contributed by atoms with Crippen LogP contribution < -0.4 is 5.73 Å². The van der Waals surface area contributed by atoms with E-state index >= 15 is 0 Å². The van der Waals surface area contributed by atoms with Crippen LogP contribution in [0.5, 0.6) is 0 Å². The Morgan fingerprint density at radius 2 is 2.31 bits per heavy atom. The first kappa shape index (κ1) is 12.1. The first-order valence-corrected chi connectivity index (χ1v) is 4.61. The lowest BCUT2D eigenvalue weighted by molar-refractivity contribution is -0.384. The summed E-state index contributed by atoms with van der Waals surface area (Å²) in [5.41, 5.74) is 6.21. The smallest absolute Gasteiger partial charge is 0.307 e. The standard InChI is InChI=1S/C10H12N2O4/c1-16-10(13)6-9(11)7-3-2-4-8(5-7)12(14)15/h2-5,9H,6,11H2,1H3/t9-/m1/s1. The molecule has 0 radical (unpaired) electrons. The highest BCUT2D eigenvalue weighted by atomic mass is 16.6. The van der Waals surface area contributed by atoms with Crippen LogP contribution in [0.4, 0.5) is 5.69 Å². The number of ether oxygens (including phenoxy) is 1. The predicted octanol–water partition coefficient (Wildman–Crippen LogP) is 1.16. The third-order valence-corrected chi connectivity index (χ3v) is 2.12. The van der Waals surface area contributed by atoms with Gasteiger partial charge in [-0.25, -0.2) is 0 Å². The van der Waals surface area contributed by atoms with Crippen molar-refractivity contribution in [1.29, 1.82) is 0 Å². The van der Waals surface area contributed by atoms with Crippen LogP contribution in [-0.4, -0.2) is 18.0 Å². The molecule has 0 aliphatic carbocycles. The number of carbonyl (C=O) groups excluding carboxylic acids is 1. The number of carbonyl (C=O) groups is 1. The first-order chi connectivity index (χ1) is 7.54. The second-order valence-electron chi connectivity index (χ2n) is 3.24. The molecule has 0 fully saturated rings. The summed E-state index contributed by atoms with van der Waals surface area (Å²) in [6.07, 6.45) is -0.00231. The van der Waals surface area contributed by atoms with Crippen LogP contribution in [0.2, 0.25) is 0 Å². The highest BCUT2D eigenvalue weighted by molar-refractivity contribution is 5.70. The molecule has 6 heteroatoms. The lowest BCUT2D eigenvalue weighted by Crippen LogP contribution is -2.16. The van der Waals surface area contributed by atoms with Gasteiger partial charge >= 0.3 is 5.97 Å². The normalized spacial score (nSPS) is 11.9. The van der Waals surface area contributed by atoms with E-state index in [1.165, 1.54) is 25.3 Å². The molecule has 0 saturated carbocycles. The minimum atomic E-state index is -0.590. The van der Waals surface area contributed by atoms with Gasteiger partial charge in [0, 0.05) is 18.2 Å². The predicted molar refractivity (Wildman–Crippen MR) is 56.7 cm³/mol. The molecule has 16 heavy (non-hydrogen) atoms. The molecule has 1 atom stereocenters. The molecule has 1 rings (SSSR count).